The van der Waals surface area contributed by atoms with Crippen LogP contribution in [-0.2, 0) is 6.54 Å². The van der Waals surface area contributed by atoms with E-state index in [-0.39, 0.29) is 5.56 Å². The average Bonchev–Trinajstić information content (AvgIpc) is 2.41. The van der Waals surface area contributed by atoms with Crippen LogP contribution in [0.1, 0.15) is 23.1 Å². The van der Waals surface area contributed by atoms with Gasteiger partial charge in [-0.3, -0.25) is 0 Å². The molecule has 0 aromatic heterocycles. The van der Waals surface area contributed by atoms with Gasteiger partial charge < -0.3 is 5.32 Å². The van der Waals surface area contributed by atoms with Crippen LogP contribution in [0.15, 0.2) is 40.9 Å². The van der Waals surface area contributed by atoms with E-state index in [0.717, 1.165) is 21.3 Å². The molecule has 5 heteroatoms. The number of alkyl halides is 2. The fourth-order valence-corrected chi connectivity index (χ4v) is 2.58. The van der Waals surface area contributed by atoms with Gasteiger partial charge >= 0.3 is 0 Å². The van der Waals surface area contributed by atoms with Crippen LogP contribution in [-0.4, -0.2) is 0 Å². The molecule has 0 spiro atoms. The first kappa shape index (κ1) is 15.3. The molecule has 106 valence electrons. The Kier molecular flexibility index (Phi) is 5.00. The molecule has 0 amide bonds. The van der Waals surface area contributed by atoms with Crippen molar-refractivity contribution in [2.75, 3.05) is 5.32 Å². The summed E-state index contributed by atoms with van der Waals surface area (Å²) in [7, 11) is 0. The van der Waals surface area contributed by atoms with Crippen molar-refractivity contribution in [3.05, 3.63) is 62.6 Å². The van der Waals surface area contributed by atoms with Gasteiger partial charge in [0.15, 0.2) is 0 Å². The Bertz CT molecular complexity index is 617. The summed E-state index contributed by atoms with van der Waals surface area (Å²) in [5.41, 5.74) is 2.64. The van der Waals surface area contributed by atoms with E-state index in [2.05, 4.69) is 21.2 Å². The van der Waals surface area contributed by atoms with E-state index in [9.17, 15) is 8.78 Å². The van der Waals surface area contributed by atoms with Crippen LogP contribution in [0, 0.1) is 6.92 Å². The molecular formula is C15H13BrClF2N. The third-order valence-electron chi connectivity index (χ3n) is 2.93. The largest absolute Gasteiger partial charge is 0.380 e. The second kappa shape index (κ2) is 6.55. The second-order valence-electron chi connectivity index (χ2n) is 4.48. The van der Waals surface area contributed by atoms with Crippen molar-refractivity contribution >= 4 is 33.2 Å². The molecule has 2 rings (SSSR count). The number of hydrogen-bond acceptors (Lipinski definition) is 1. The molecule has 1 nitrogen and oxygen atoms in total. The quantitative estimate of drug-likeness (QED) is 0.709. The van der Waals surface area contributed by atoms with E-state index in [1.54, 1.807) is 6.07 Å². The first-order valence-electron chi connectivity index (χ1n) is 6.04. The zero-order chi connectivity index (χ0) is 14.7. The molecule has 0 aliphatic heterocycles. The van der Waals surface area contributed by atoms with Crippen LogP contribution in [0.5, 0.6) is 0 Å². The van der Waals surface area contributed by atoms with Gasteiger partial charge in [0.05, 0.1) is 5.69 Å². The lowest BCUT2D eigenvalue weighted by molar-refractivity contribution is 0.151. The van der Waals surface area contributed by atoms with Crippen LogP contribution in [0.25, 0.3) is 0 Å². The molecule has 0 aliphatic rings. The number of hydrogen-bond donors (Lipinski definition) is 1. The van der Waals surface area contributed by atoms with Gasteiger partial charge in [-0.25, -0.2) is 8.78 Å². The highest BCUT2D eigenvalue weighted by atomic mass is 79.9. The Hall–Kier alpha value is -1.13. The summed E-state index contributed by atoms with van der Waals surface area (Å²) in [5, 5.41) is 3.85. The summed E-state index contributed by atoms with van der Waals surface area (Å²) in [4.78, 5) is 0. The lowest BCUT2D eigenvalue weighted by atomic mass is 10.1. The fraction of sp³-hybridized carbons (Fsp3) is 0.200. The van der Waals surface area contributed by atoms with Crippen molar-refractivity contribution in [3.63, 3.8) is 0 Å². The van der Waals surface area contributed by atoms with Gasteiger partial charge in [-0.1, -0.05) is 29.8 Å². The standard InChI is InChI=1S/C15H13BrClF2N/c1-9-5-12(16)14(7-13(9)17)20-8-10-3-2-4-11(6-10)15(18)19/h2-7,15,20H,8H2,1H3. The zero-order valence-corrected chi connectivity index (χ0v) is 13.1. The van der Waals surface area contributed by atoms with Crippen LogP contribution in [0.3, 0.4) is 0 Å². The van der Waals surface area contributed by atoms with E-state index >= 15 is 0 Å². The monoisotopic (exact) mass is 359 g/mol. The fourth-order valence-electron chi connectivity index (χ4n) is 1.82. The number of aryl methyl sites for hydroxylation is 1. The van der Waals surface area contributed by atoms with Gasteiger partial charge in [0, 0.05) is 21.6 Å². The van der Waals surface area contributed by atoms with Gasteiger partial charge in [-0.2, -0.15) is 0 Å². The molecule has 0 atom stereocenters. The molecule has 0 aliphatic carbocycles. The molecule has 0 saturated carbocycles. The summed E-state index contributed by atoms with van der Waals surface area (Å²) in [6.07, 6.45) is -2.45. The first-order chi connectivity index (χ1) is 9.47. The van der Waals surface area contributed by atoms with Gasteiger partial charge in [0.2, 0.25) is 0 Å². The molecule has 2 aromatic rings. The normalized spacial score (nSPS) is 10.9. The Labute approximate surface area is 130 Å². The number of anilines is 1. The molecule has 2 aromatic carbocycles. The lowest BCUT2D eigenvalue weighted by Gasteiger charge is -2.11. The van der Waals surface area contributed by atoms with Crippen LogP contribution >= 0.6 is 27.5 Å². The van der Waals surface area contributed by atoms with E-state index in [4.69, 9.17) is 11.6 Å². The maximum atomic E-state index is 12.6. The van der Waals surface area contributed by atoms with Crippen molar-refractivity contribution in [3.8, 4) is 0 Å². The minimum atomic E-state index is -2.45. The summed E-state index contributed by atoms with van der Waals surface area (Å²) < 4.78 is 26.1. The predicted octanol–water partition coefficient (Wildman–Crippen LogP) is 5.96. The van der Waals surface area contributed by atoms with Crippen molar-refractivity contribution in [1.82, 2.24) is 0 Å². The predicted molar refractivity (Wildman–Crippen MR) is 82.6 cm³/mol. The van der Waals surface area contributed by atoms with Gasteiger partial charge in [0.1, 0.15) is 0 Å². The Balaban J connectivity index is 2.13. The SMILES string of the molecule is Cc1cc(Br)c(NCc2cccc(C(F)F)c2)cc1Cl. The minimum absolute atomic E-state index is 0.0327. The number of benzene rings is 2. The molecule has 0 unspecified atom stereocenters. The first-order valence-corrected chi connectivity index (χ1v) is 7.21. The maximum absolute atomic E-state index is 12.6. The number of nitrogens with one attached hydrogen (secondary N) is 1. The molecule has 20 heavy (non-hydrogen) atoms. The highest BCUT2D eigenvalue weighted by Crippen LogP contribution is 2.29. The van der Waals surface area contributed by atoms with E-state index < -0.39 is 6.43 Å². The van der Waals surface area contributed by atoms with Crippen molar-refractivity contribution in [2.45, 2.75) is 19.9 Å². The lowest BCUT2D eigenvalue weighted by Crippen LogP contribution is -2.01. The second-order valence-corrected chi connectivity index (χ2v) is 5.74. The Morgan fingerprint density at radius 1 is 1.25 bits per heavy atom. The molecule has 0 fully saturated rings. The topological polar surface area (TPSA) is 12.0 Å². The molecule has 0 heterocycles. The summed E-state index contributed by atoms with van der Waals surface area (Å²) in [5.74, 6) is 0. The summed E-state index contributed by atoms with van der Waals surface area (Å²) in [6, 6.07) is 10.1. The molecule has 1 N–H and O–H groups in total. The van der Waals surface area contributed by atoms with Crippen molar-refractivity contribution in [2.24, 2.45) is 0 Å². The van der Waals surface area contributed by atoms with Crippen molar-refractivity contribution < 1.29 is 8.78 Å². The van der Waals surface area contributed by atoms with E-state index in [1.165, 1.54) is 12.1 Å². The molecular weight excluding hydrogens is 348 g/mol. The third-order valence-corrected chi connectivity index (χ3v) is 4.00. The van der Waals surface area contributed by atoms with E-state index in [1.807, 2.05) is 25.1 Å². The average molecular weight is 361 g/mol. The van der Waals surface area contributed by atoms with Gasteiger partial charge in [-0.15, -0.1) is 0 Å². The zero-order valence-electron chi connectivity index (χ0n) is 10.8. The summed E-state index contributed by atoms with van der Waals surface area (Å²) >= 11 is 9.53. The maximum Gasteiger partial charge on any atom is 0.263 e. The van der Waals surface area contributed by atoms with Crippen LogP contribution in [0.4, 0.5) is 14.5 Å². The molecule has 0 saturated heterocycles. The minimum Gasteiger partial charge on any atom is -0.380 e. The van der Waals surface area contributed by atoms with E-state index in [0.29, 0.717) is 11.6 Å². The van der Waals surface area contributed by atoms with Gasteiger partial charge in [0.25, 0.3) is 6.43 Å². The highest BCUT2D eigenvalue weighted by Gasteiger charge is 2.08. The highest BCUT2D eigenvalue weighted by molar-refractivity contribution is 9.10. The Morgan fingerprint density at radius 3 is 2.70 bits per heavy atom. The number of rotatable bonds is 4. The Morgan fingerprint density at radius 2 is 2.00 bits per heavy atom. The van der Waals surface area contributed by atoms with Gasteiger partial charge in [-0.05, 0) is 52.2 Å². The third kappa shape index (κ3) is 3.70. The number of halogens is 4. The van der Waals surface area contributed by atoms with Crippen LogP contribution < -0.4 is 5.32 Å². The van der Waals surface area contributed by atoms with Crippen molar-refractivity contribution in [1.29, 1.82) is 0 Å². The molecule has 0 bridgehead atoms. The molecule has 0 radical (unpaired) electrons. The summed E-state index contributed by atoms with van der Waals surface area (Å²) in [6.45, 7) is 2.38. The van der Waals surface area contributed by atoms with Crippen LogP contribution in [0.2, 0.25) is 5.02 Å². The smallest absolute Gasteiger partial charge is 0.263 e.